The maximum absolute atomic E-state index is 14.1. The van der Waals surface area contributed by atoms with Crippen LogP contribution in [0.25, 0.3) is 0 Å². The van der Waals surface area contributed by atoms with Gasteiger partial charge >= 0.3 is 0 Å². The van der Waals surface area contributed by atoms with Crippen molar-refractivity contribution in [2.75, 3.05) is 5.32 Å². The molecule has 146 valence electrons. The highest BCUT2D eigenvalue weighted by Gasteiger charge is 2.21. The van der Waals surface area contributed by atoms with Gasteiger partial charge in [0.2, 0.25) is 10.0 Å². The molecule has 0 saturated heterocycles. The number of hydrogen-bond donors (Lipinski definition) is 2. The van der Waals surface area contributed by atoms with E-state index in [4.69, 9.17) is 23.2 Å². The minimum Gasteiger partial charge on any atom is -0.322 e. The third-order valence-electron chi connectivity index (χ3n) is 3.68. The summed E-state index contributed by atoms with van der Waals surface area (Å²) in [7, 11) is -4.15. The van der Waals surface area contributed by atoms with Crippen molar-refractivity contribution in [1.82, 2.24) is 4.72 Å². The highest BCUT2D eigenvalue weighted by atomic mass is 35.5. The number of amides is 1. The Morgan fingerprint density at radius 3 is 2.54 bits per heavy atom. The van der Waals surface area contributed by atoms with Gasteiger partial charge in [-0.1, -0.05) is 29.3 Å². The Labute approximate surface area is 175 Å². The lowest BCUT2D eigenvalue weighted by Gasteiger charge is -2.10. The van der Waals surface area contributed by atoms with Crippen LogP contribution in [0.2, 0.25) is 10.0 Å². The van der Waals surface area contributed by atoms with Crippen LogP contribution >= 0.6 is 34.5 Å². The van der Waals surface area contributed by atoms with Gasteiger partial charge in [0.1, 0.15) is 10.7 Å². The number of thiophene rings is 1. The van der Waals surface area contributed by atoms with E-state index < -0.39 is 26.6 Å². The van der Waals surface area contributed by atoms with Gasteiger partial charge in [-0.15, -0.1) is 11.3 Å². The molecule has 0 spiro atoms. The second-order valence-electron chi connectivity index (χ2n) is 5.63. The molecule has 1 heterocycles. The zero-order valence-corrected chi connectivity index (χ0v) is 17.2. The lowest BCUT2D eigenvalue weighted by Crippen LogP contribution is -2.24. The first-order chi connectivity index (χ1) is 13.3. The Morgan fingerprint density at radius 1 is 1.07 bits per heavy atom. The molecule has 0 saturated carbocycles. The molecule has 0 radical (unpaired) electrons. The van der Waals surface area contributed by atoms with Gasteiger partial charge in [0.05, 0.1) is 10.0 Å². The normalized spacial score (nSPS) is 11.4. The number of sulfonamides is 1. The third kappa shape index (κ3) is 4.89. The Morgan fingerprint density at radius 2 is 1.86 bits per heavy atom. The van der Waals surface area contributed by atoms with Crippen LogP contribution in [0.1, 0.15) is 15.2 Å². The van der Waals surface area contributed by atoms with Gasteiger partial charge in [0.15, 0.2) is 0 Å². The van der Waals surface area contributed by atoms with Crippen LogP contribution in [0.4, 0.5) is 10.1 Å². The Bertz CT molecular complexity index is 1120. The summed E-state index contributed by atoms with van der Waals surface area (Å²) in [5.41, 5.74) is 0.341. The number of nitrogens with one attached hydrogen (secondary N) is 2. The zero-order chi connectivity index (χ0) is 20.3. The predicted octanol–water partition coefficient (Wildman–Crippen LogP) is 4.92. The summed E-state index contributed by atoms with van der Waals surface area (Å²) in [4.78, 5) is 12.6. The van der Waals surface area contributed by atoms with Crippen LogP contribution in [0.3, 0.4) is 0 Å². The van der Waals surface area contributed by atoms with E-state index in [0.29, 0.717) is 10.7 Å². The standard InChI is InChI=1S/C18H13Cl2FN2O3S2/c19-14-5-4-12(9-15(14)20)23-18(24)11-3-6-16(21)17(8-11)28(25,26)22-10-13-2-1-7-27-13/h1-9,22H,10H2,(H,23,24). The number of carbonyl (C=O) groups is 1. The molecule has 0 fully saturated rings. The number of hydrogen-bond acceptors (Lipinski definition) is 4. The van der Waals surface area contributed by atoms with E-state index in [1.54, 1.807) is 17.5 Å². The lowest BCUT2D eigenvalue weighted by atomic mass is 10.2. The van der Waals surface area contributed by atoms with Gasteiger partial charge in [0.25, 0.3) is 5.91 Å². The van der Waals surface area contributed by atoms with Gasteiger partial charge in [-0.2, -0.15) is 0 Å². The fourth-order valence-electron chi connectivity index (χ4n) is 2.28. The maximum Gasteiger partial charge on any atom is 0.255 e. The third-order valence-corrected chi connectivity index (χ3v) is 6.71. The number of carbonyl (C=O) groups excluding carboxylic acids is 1. The second-order valence-corrected chi connectivity index (χ2v) is 9.21. The molecule has 2 N–H and O–H groups in total. The van der Waals surface area contributed by atoms with Crippen molar-refractivity contribution in [3.8, 4) is 0 Å². The molecule has 0 aliphatic heterocycles. The lowest BCUT2D eigenvalue weighted by molar-refractivity contribution is 0.102. The van der Waals surface area contributed by atoms with E-state index >= 15 is 0 Å². The second kappa shape index (κ2) is 8.59. The summed E-state index contributed by atoms with van der Waals surface area (Å²) < 4.78 is 41.4. The fourth-order valence-corrected chi connectivity index (χ4v) is 4.43. The molecular weight excluding hydrogens is 446 g/mol. The quantitative estimate of drug-likeness (QED) is 0.549. The van der Waals surface area contributed by atoms with E-state index in [1.807, 2.05) is 0 Å². The van der Waals surface area contributed by atoms with E-state index in [0.717, 1.165) is 17.0 Å². The molecule has 1 aromatic heterocycles. The smallest absolute Gasteiger partial charge is 0.255 e. The predicted molar refractivity (Wildman–Crippen MR) is 109 cm³/mol. The van der Waals surface area contributed by atoms with E-state index in [-0.39, 0.29) is 17.1 Å². The summed E-state index contributed by atoms with van der Waals surface area (Å²) in [6, 6.07) is 11.1. The summed E-state index contributed by atoms with van der Waals surface area (Å²) in [5, 5.41) is 4.94. The minimum atomic E-state index is -4.15. The Hall–Kier alpha value is -1.97. The van der Waals surface area contributed by atoms with Crippen molar-refractivity contribution in [3.63, 3.8) is 0 Å². The first-order valence-corrected chi connectivity index (χ1v) is 11.0. The van der Waals surface area contributed by atoms with Crippen LogP contribution in [0.5, 0.6) is 0 Å². The number of rotatable bonds is 6. The van der Waals surface area contributed by atoms with E-state index in [1.165, 1.54) is 35.6 Å². The fraction of sp³-hybridized carbons (Fsp3) is 0.0556. The first-order valence-electron chi connectivity index (χ1n) is 7.84. The SMILES string of the molecule is O=C(Nc1ccc(Cl)c(Cl)c1)c1ccc(F)c(S(=O)(=O)NCc2cccs2)c1. The van der Waals surface area contributed by atoms with Gasteiger partial charge < -0.3 is 5.32 Å². The average Bonchev–Trinajstić information content (AvgIpc) is 3.17. The van der Waals surface area contributed by atoms with E-state index in [9.17, 15) is 17.6 Å². The Balaban J connectivity index is 1.81. The number of anilines is 1. The average molecular weight is 459 g/mol. The summed E-state index contributed by atoms with van der Waals surface area (Å²) in [6.07, 6.45) is 0. The molecule has 3 aromatic rings. The zero-order valence-electron chi connectivity index (χ0n) is 14.1. The van der Waals surface area contributed by atoms with Crippen LogP contribution in [-0.4, -0.2) is 14.3 Å². The van der Waals surface area contributed by atoms with Crippen molar-refractivity contribution in [2.45, 2.75) is 11.4 Å². The molecule has 0 aliphatic rings. The van der Waals surface area contributed by atoms with Crippen molar-refractivity contribution >= 4 is 56.2 Å². The number of halogens is 3. The van der Waals surface area contributed by atoms with Crippen molar-refractivity contribution in [1.29, 1.82) is 0 Å². The van der Waals surface area contributed by atoms with Gasteiger partial charge in [-0.3, -0.25) is 4.79 Å². The topological polar surface area (TPSA) is 75.3 Å². The number of benzene rings is 2. The minimum absolute atomic E-state index is 0.0241. The molecule has 0 bridgehead atoms. The Kier molecular flexibility index (Phi) is 6.36. The van der Waals surface area contributed by atoms with Crippen molar-refractivity contribution in [3.05, 3.63) is 80.2 Å². The molecule has 5 nitrogen and oxygen atoms in total. The molecule has 2 aromatic carbocycles. The monoisotopic (exact) mass is 458 g/mol. The molecule has 1 amide bonds. The first kappa shape index (κ1) is 20.8. The molecular formula is C18H13Cl2FN2O3S2. The van der Waals surface area contributed by atoms with E-state index in [2.05, 4.69) is 10.0 Å². The summed E-state index contributed by atoms with van der Waals surface area (Å²) >= 11 is 13.1. The molecule has 0 aliphatic carbocycles. The molecule has 0 atom stereocenters. The van der Waals surface area contributed by atoms with Gasteiger partial charge in [-0.25, -0.2) is 17.5 Å². The molecule has 10 heteroatoms. The van der Waals surface area contributed by atoms with Gasteiger partial charge in [-0.05, 0) is 47.8 Å². The molecule has 3 rings (SSSR count). The van der Waals surface area contributed by atoms with Crippen molar-refractivity contribution in [2.24, 2.45) is 0 Å². The largest absolute Gasteiger partial charge is 0.322 e. The van der Waals surface area contributed by atoms with Gasteiger partial charge in [0, 0.05) is 22.7 Å². The van der Waals surface area contributed by atoms with Crippen LogP contribution in [0, 0.1) is 5.82 Å². The van der Waals surface area contributed by atoms with Crippen LogP contribution in [0.15, 0.2) is 58.8 Å². The maximum atomic E-state index is 14.1. The molecule has 28 heavy (non-hydrogen) atoms. The summed E-state index contributed by atoms with van der Waals surface area (Å²) in [6.45, 7) is 0.0269. The summed E-state index contributed by atoms with van der Waals surface area (Å²) in [5.74, 6) is -1.57. The molecule has 0 unspecified atom stereocenters. The highest BCUT2D eigenvalue weighted by molar-refractivity contribution is 7.89. The van der Waals surface area contributed by atoms with Crippen molar-refractivity contribution < 1.29 is 17.6 Å². The van der Waals surface area contributed by atoms with Crippen LogP contribution < -0.4 is 10.0 Å². The highest BCUT2D eigenvalue weighted by Crippen LogP contribution is 2.25. The van der Waals surface area contributed by atoms with Crippen LogP contribution in [-0.2, 0) is 16.6 Å².